The Bertz CT molecular complexity index is 1160. The van der Waals surface area contributed by atoms with Gasteiger partial charge in [0, 0.05) is 55.3 Å². The van der Waals surface area contributed by atoms with Gasteiger partial charge < -0.3 is 30.1 Å². The highest BCUT2D eigenvalue weighted by atomic mass is 16.5. The number of methoxy groups -OCH3 is 1. The third-order valence-corrected chi connectivity index (χ3v) is 5.60. The van der Waals surface area contributed by atoms with Gasteiger partial charge in [-0.3, -0.25) is 4.79 Å². The lowest BCUT2D eigenvalue weighted by Crippen LogP contribution is -2.43. The lowest BCUT2D eigenvalue weighted by molar-refractivity contribution is -0.111. The molecule has 1 fully saturated rings. The van der Waals surface area contributed by atoms with E-state index in [9.17, 15) is 9.90 Å². The topological polar surface area (TPSA) is 83.1 Å². The van der Waals surface area contributed by atoms with E-state index in [-0.39, 0.29) is 11.7 Å². The number of phenols is 1. The minimum absolute atomic E-state index is 0.0218. The Morgan fingerprint density at radius 3 is 2.71 bits per heavy atom. The number of nitrogens with zero attached hydrogens (tertiary/aromatic N) is 1. The zero-order chi connectivity index (χ0) is 23.8. The summed E-state index contributed by atoms with van der Waals surface area (Å²) in [7, 11) is 1.49. The summed E-state index contributed by atoms with van der Waals surface area (Å²) in [5.74, 6) is 0.919. The average molecular weight is 460 g/mol. The van der Waals surface area contributed by atoms with Crippen molar-refractivity contribution in [3.05, 3.63) is 83.9 Å². The van der Waals surface area contributed by atoms with E-state index in [2.05, 4.69) is 27.7 Å². The van der Waals surface area contributed by atoms with Gasteiger partial charge in [0.25, 0.3) is 0 Å². The zero-order valence-electron chi connectivity index (χ0n) is 19.2. The van der Waals surface area contributed by atoms with E-state index in [0.717, 1.165) is 43.2 Å². The van der Waals surface area contributed by atoms with Crippen molar-refractivity contribution in [3.8, 4) is 17.2 Å². The second-order valence-electron chi connectivity index (χ2n) is 7.93. The van der Waals surface area contributed by atoms with Crippen LogP contribution in [0, 0.1) is 0 Å². The number of phenolic OH excluding ortho intramolecular Hbond substituents is 1. The predicted molar refractivity (Wildman–Crippen MR) is 135 cm³/mol. The molecule has 0 aliphatic carbocycles. The number of piperazine rings is 1. The Hall–Kier alpha value is -3.97. The van der Waals surface area contributed by atoms with Crippen molar-refractivity contribution in [1.29, 1.82) is 0 Å². The van der Waals surface area contributed by atoms with Crippen LogP contribution in [0.25, 0.3) is 6.08 Å². The van der Waals surface area contributed by atoms with Crippen LogP contribution in [0.2, 0.25) is 0 Å². The van der Waals surface area contributed by atoms with Crippen molar-refractivity contribution in [1.82, 2.24) is 5.32 Å². The normalized spacial score (nSPS) is 13.6. The molecule has 4 rings (SSSR count). The Morgan fingerprint density at radius 2 is 1.91 bits per heavy atom. The Kier molecular flexibility index (Phi) is 7.67. The van der Waals surface area contributed by atoms with E-state index in [1.54, 1.807) is 24.3 Å². The first-order valence-corrected chi connectivity index (χ1v) is 11.2. The van der Waals surface area contributed by atoms with Gasteiger partial charge in [-0.15, -0.1) is 0 Å². The van der Waals surface area contributed by atoms with Crippen molar-refractivity contribution >= 4 is 23.4 Å². The molecule has 176 valence electrons. The fraction of sp³-hybridized carbons (Fsp3) is 0.222. The number of anilines is 2. The fourth-order valence-electron chi connectivity index (χ4n) is 3.78. The number of nitrogens with one attached hydrogen (secondary N) is 2. The van der Waals surface area contributed by atoms with E-state index in [1.165, 1.54) is 13.2 Å². The Balaban J connectivity index is 1.38. The molecule has 1 aliphatic heterocycles. The Morgan fingerprint density at radius 1 is 1.09 bits per heavy atom. The van der Waals surface area contributed by atoms with Crippen molar-refractivity contribution in [2.45, 2.75) is 6.61 Å². The summed E-state index contributed by atoms with van der Waals surface area (Å²) in [5.41, 5.74) is 3.40. The minimum Gasteiger partial charge on any atom is -0.504 e. The van der Waals surface area contributed by atoms with Crippen LogP contribution in [0.15, 0.2) is 72.8 Å². The number of aromatic hydroxyl groups is 1. The summed E-state index contributed by atoms with van der Waals surface area (Å²) in [6.07, 6.45) is 3.06. The quantitative estimate of drug-likeness (QED) is 0.441. The molecule has 34 heavy (non-hydrogen) atoms. The van der Waals surface area contributed by atoms with Gasteiger partial charge in [-0.2, -0.15) is 0 Å². The van der Waals surface area contributed by atoms with Gasteiger partial charge in [-0.1, -0.05) is 30.3 Å². The van der Waals surface area contributed by atoms with E-state index in [1.807, 2.05) is 36.4 Å². The van der Waals surface area contributed by atoms with Crippen LogP contribution < -0.4 is 25.0 Å². The molecule has 1 aliphatic rings. The van der Waals surface area contributed by atoms with Gasteiger partial charge in [0.15, 0.2) is 11.5 Å². The molecule has 0 radical (unpaired) electrons. The average Bonchev–Trinajstić information content (AvgIpc) is 2.88. The molecule has 0 aromatic heterocycles. The van der Waals surface area contributed by atoms with Crippen molar-refractivity contribution in [2.75, 3.05) is 43.5 Å². The smallest absolute Gasteiger partial charge is 0.248 e. The van der Waals surface area contributed by atoms with Crippen LogP contribution in [0.4, 0.5) is 11.4 Å². The summed E-state index contributed by atoms with van der Waals surface area (Å²) < 4.78 is 11.1. The summed E-state index contributed by atoms with van der Waals surface area (Å²) >= 11 is 0. The number of amides is 1. The minimum atomic E-state index is -0.275. The molecule has 3 aromatic rings. The van der Waals surface area contributed by atoms with Crippen LogP contribution >= 0.6 is 0 Å². The van der Waals surface area contributed by atoms with Gasteiger partial charge in [-0.25, -0.2) is 0 Å². The molecule has 0 saturated carbocycles. The summed E-state index contributed by atoms with van der Waals surface area (Å²) in [6, 6.07) is 20.6. The van der Waals surface area contributed by atoms with Crippen molar-refractivity contribution in [2.24, 2.45) is 0 Å². The van der Waals surface area contributed by atoms with Gasteiger partial charge in [0.05, 0.1) is 7.11 Å². The number of benzene rings is 3. The largest absolute Gasteiger partial charge is 0.504 e. The van der Waals surface area contributed by atoms with Crippen molar-refractivity contribution in [3.63, 3.8) is 0 Å². The van der Waals surface area contributed by atoms with E-state index < -0.39 is 0 Å². The number of para-hydroxylation sites is 1. The maximum atomic E-state index is 12.5. The number of hydrogen-bond donors (Lipinski definition) is 3. The number of hydrogen-bond acceptors (Lipinski definition) is 6. The molecule has 1 heterocycles. The first-order chi connectivity index (χ1) is 16.6. The fourth-order valence-corrected chi connectivity index (χ4v) is 3.78. The second kappa shape index (κ2) is 11.2. The van der Waals surface area contributed by atoms with Crippen LogP contribution in [0.3, 0.4) is 0 Å². The third-order valence-electron chi connectivity index (χ3n) is 5.60. The molecular formula is C27H29N3O4. The first kappa shape index (κ1) is 23.2. The second-order valence-corrected chi connectivity index (χ2v) is 7.93. The number of carbonyl (C=O) groups excluding carboxylic acids is 1. The number of carbonyl (C=O) groups is 1. The molecule has 0 bridgehead atoms. The Labute approximate surface area is 199 Å². The molecule has 0 spiro atoms. The lowest BCUT2D eigenvalue weighted by Gasteiger charge is -2.29. The standard InChI is InChI=1S/C27H29N3O4/c1-33-26-11-9-20(17-25(26)31)10-12-27(32)29-24-8-3-2-5-21(24)19-34-23-7-4-6-22(18-23)30-15-13-28-14-16-30/h2-12,17-18,28,31H,13-16,19H2,1H3,(H,29,32)/b12-10+. The van der Waals surface area contributed by atoms with Gasteiger partial charge in [0.2, 0.25) is 5.91 Å². The summed E-state index contributed by atoms with van der Waals surface area (Å²) in [6.45, 7) is 4.24. The molecule has 1 amide bonds. The molecule has 7 nitrogen and oxygen atoms in total. The predicted octanol–water partition coefficient (Wildman–Crippen LogP) is 4.04. The van der Waals surface area contributed by atoms with E-state index in [4.69, 9.17) is 9.47 Å². The highest BCUT2D eigenvalue weighted by Crippen LogP contribution is 2.27. The first-order valence-electron chi connectivity index (χ1n) is 11.2. The monoisotopic (exact) mass is 459 g/mol. The zero-order valence-corrected chi connectivity index (χ0v) is 19.2. The molecule has 3 N–H and O–H groups in total. The highest BCUT2D eigenvalue weighted by molar-refractivity contribution is 6.02. The highest BCUT2D eigenvalue weighted by Gasteiger charge is 2.11. The molecular weight excluding hydrogens is 430 g/mol. The molecule has 0 unspecified atom stereocenters. The molecule has 1 saturated heterocycles. The van der Waals surface area contributed by atoms with Crippen LogP contribution in [0.1, 0.15) is 11.1 Å². The van der Waals surface area contributed by atoms with Crippen LogP contribution in [-0.2, 0) is 11.4 Å². The summed E-state index contributed by atoms with van der Waals surface area (Å²) in [5, 5.41) is 16.2. The summed E-state index contributed by atoms with van der Waals surface area (Å²) in [4.78, 5) is 14.8. The van der Waals surface area contributed by atoms with Gasteiger partial charge >= 0.3 is 0 Å². The number of rotatable bonds is 8. The molecule has 3 aromatic carbocycles. The SMILES string of the molecule is COc1ccc(/C=C/C(=O)Nc2ccccc2COc2cccc(N3CCNCC3)c2)cc1O. The maximum absolute atomic E-state index is 12.5. The van der Waals surface area contributed by atoms with Crippen LogP contribution in [-0.4, -0.2) is 44.3 Å². The molecule has 0 atom stereocenters. The van der Waals surface area contributed by atoms with E-state index in [0.29, 0.717) is 23.6 Å². The maximum Gasteiger partial charge on any atom is 0.248 e. The van der Waals surface area contributed by atoms with Gasteiger partial charge in [0.1, 0.15) is 12.4 Å². The van der Waals surface area contributed by atoms with Crippen LogP contribution in [0.5, 0.6) is 17.2 Å². The van der Waals surface area contributed by atoms with E-state index >= 15 is 0 Å². The third kappa shape index (κ3) is 6.08. The molecule has 7 heteroatoms. The number of ether oxygens (including phenoxy) is 2. The lowest BCUT2D eigenvalue weighted by atomic mass is 10.1. The van der Waals surface area contributed by atoms with Gasteiger partial charge in [-0.05, 0) is 42.0 Å². The van der Waals surface area contributed by atoms with Crippen molar-refractivity contribution < 1.29 is 19.4 Å².